The van der Waals surface area contributed by atoms with Gasteiger partial charge in [0.15, 0.2) is 0 Å². The maximum atomic E-state index is 14.1. The summed E-state index contributed by atoms with van der Waals surface area (Å²) in [6.45, 7) is -2.48. The zero-order valence-corrected chi connectivity index (χ0v) is 24.0. The van der Waals surface area contributed by atoms with E-state index in [1.807, 2.05) is 0 Å². The molecule has 294 valence electrons. The van der Waals surface area contributed by atoms with Gasteiger partial charge in [-0.05, 0) is 0 Å². The van der Waals surface area contributed by atoms with Gasteiger partial charge in [0.1, 0.15) is 0 Å². The minimum Gasteiger partial charge on any atom is -0.550 e. The molecule has 6 nitrogen and oxygen atoms in total. The smallest absolute Gasteiger partial charge is 0.460 e. The van der Waals surface area contributed by atoms with Crippen LogP contribution in [0.4, 0.5) is 101 Å². The van der Waals surface area contributed by atoms with Crippen LogP contribution in [0.3, 0.4) is 0 Å². The summed E-state index contributed by atoms with van der Waals surface area (Å²) < 4.78 is 333. The number of hydrogen-bond donors (Lipinski definition) is 1. The van der Waals surface area contributed by atoms with E-state index in [2.05, 4.69) is 0 Å². The number of alkyl halides is 23. The van der Waals surface area contributed by atoms with Crippen LogP contribution in [0.15, 0.2) is 0 Å². The molecule has 0 heterocycles. The number of aliphatic carboxylic acids is 1. The van der Waals surface area contributed by atoms with Crippen molar-refractivity contribution in [3.05, 3.63) is 0 Å². The number of carboxylic acid groups (broad SMARTS) is 1. The average molecular weight is 806 g/mol. The average Bonchev–Trinajstić information content (AvgIpc) is 2.88. The van der Waals surface area contributed by atoms with Gasteiger partial charge in [-0.1, -0.05) is 0 Å². The SMILES string of the molecule is C[N+](C)(CCCNS(=O)(=O)C(F)(F)C(F)(F)C(F)(F)C(F)(F)C(F)(F)C(F)(F)C(F)(F)C(F)(F)C(F)(F)C(F)(F)C(F)(F)F)CCC(=O)[O-]. The molecule has 0 aliphatic carbocycles. The van der Waals surface area contributed by atoms with E-state index in [0.29, 0.717) is 4.72 Å². The lowest BCUT2D eigenvalue weighted by Gasteiger charge is -2.45. The predicted molar refractivity (Wildman–Crippen MR) is 109 cm³/mol. The van der Waals surface area contributed by atoms with E-state index in [9.17, 15) is 119 Å². The molecule has 0 saturated heterocycles. The molecule has 0 spiro atoms. The first-order chi connectivity index (χ1) is 20.9. The van der Waals surface area contributed by atoms with Crippen LogP contribution >= 0.6 is 0 Å². The van der Waals surface area contributed by atoms with E-state index in [1.165, 1.54) is 0 Å². The van der Waals surface area contributed by atoms with Gasteiger partial charge < -0.3 is 14.4 Å². The van der Waals surface area contributed by atoms with Crippen LogP contribution in [0.5, 0.6) is 0 Å². The highest BCUT2D eigenvalue weighted by Gasteiger charge is 2.99. The van der Waals surface area contributed by atoms with Gasteiger partial charge >= 0.3 is 64.7 Å². The molecule has 0 aromatic rings. The third kappa shape index (κ3) is 7.01. The summed E-state index contributed by atoms with van der Waals surface area (Å²) >= 11 is 0. The van der Waals surface area contributed by atoms with E-state index >= 15 is 0 Å². The molecule has 0 fully saturated rings. The van der Waals surface area contributed by atoms with Gasteiger partial charge in [0.2, 0.25) is 0 Å². The molecular formula is C19H17F23N2O4S. The van der Waals surface area contributed by atoms with Crippen molar-refractivity contribution >= 4 is 16.0 Å². The van der Waals surface area contributed by atoms with Gasteiger partial charge in [-0.2, -0.15) is 101 Å². The van der Waals surface area contributed by atoms with Gasteiger partial charge in [-0.3, -0.25) is 0 Å². The van der Waals surface area contributed by atoms with Crippen LogP contribution in [-0.4, -0.2) is 117 Å². The highest BCUT2D eigenvalue weighted by atomic mass is 32.2. The Morgan fingerprint density at radius 2 is 0.816 bits per heavy atom. The Bertz CT molecular complexity index is 1310. The molecule has 0 aromatic heterocycles. The van der Waals surface area contributed by atoms with Crippen LogP contribution in [0.1, 0.15) is 12.8 Å². The number of carboxylic acids is 1. The first kappa shape index (κ1) is 46.7. The summed E-state index contributed by atoms with van der Waals surface area (Å²) in [5.41, 5.74) is 0. The predicted octanol–water partition coefficient (Wildman–Crippen LogP) is 5.39. The molecule has 0 aromatic carbocycles. The van der Waals surface area contributed by atoms with Crippen LogP contribution in [-0.2, 0) is 14.8 Å². The van der Waals surface area contributed by atoms with Gasteiger partial charge in [-0.15, -0.1) is 0 Å². The standard InChI is InChI=1S/C19H17F23N2O4S/c1-44(2,7-4-8(45)46)6-3-5-43-49(47,48)19(41,42)17(36,37)15(32,33)13(28,29)11(24,25)9(20,21)10(22,23)12(26,27)14(30,31)16(34,35)18(38,39)40/h43H,3-7H2,1-2H3. The minimum absolute atomic E-state index is 0.347. The summed E-state index contributed by atoms with van der Waals surface area (Å²) in [5.74, 6) is -84.8. The number of halogens is 23. The number of sulfonamides is 1. The first-order valence-corrected chi connectivity index (χ1v) is 13.2. The normalized spacial score (nSPS) is 16.3. The summed E-state index contributed by atoms with van der Waals surface area (Å²) in [6, 6.07) is 0. The molecule has 0 unspecified atom stereocenters. The van der Waals surface area contributed by atoms with E-state index < -0.39 is 111 Å². The fourth-order valence-electron chi connectivity index (χ4n) is 3.22. The van der Waals surface area contributed by atoms with E-state index in [4.69, 9.17) is 0 Å². The zero-order valence-electron chi connectivity index (χ0n) is 23.2. The number of hydrogen-bond acceptors (Lipinski definition) is 4. The molecular weight excluding hydrogens is 789 g/mol. The second-order valence-corrected chi connectivity index (χ2v) is 12.2. The highest BCUT2D eigenvalue weighted by Crippen LogP contribution is 2.67. The zero-order chi connectivity index (χ0) is 40.3. The fourth-order valence-corrected chi connectivity index (χ4v) is 4.28. The molecule has 0 saturated carbocycles. The van der Waals surface area contributed by atoms with Crippen LogP contribution in [0.2, 0.25) is 0 Å². The van der Waals surface area contributed by atoms with Crippen LogP contribution in [0, 0.1) is 0 Å². The molecule has 0 atom stereocenters. The monoisotopic (exact) mass is 806 g/mol. The Hall–Kier alpha value is -2.27. The second-order valence-electron chi connectivity index (χ2n) is 10.4. The largest absolute Gasteiger partial charge is 0.550 e. The fraction of sp³-hybridized carbons (Fsp3) is 0.947. The Labute approximate surface area is 256 Å². The summed E-state index contributed by atoms with van der Waals surface area (Å²) in [6.07, 6.45) is -9.74. The summed E-state index contributed by atoms with van der Waals surface area (Å²) in [5, 5.41) is 2.52. The first-order valence-electron chi connectivity index (χ1n) is 11.7. The Morgan fingerprint density at radius 3 is 1.10 bits per heavy atom. The molecule has 0 rings (SSSR count). The quantitative estimate of drug-likeness (QED) is 0.115. The maximum absolute atomic E-state index is 14.1. The number of nitrogens with zero attached hydrogens (tertiary/aromatic N) is 1. The lowest BCUT2D eigenvalue weighted by atomic mass is 9.86. The maximum Gasteiger partial charge on any atom is 0.460 e. The number of carbonyl (C=O) groups is 1. The van der Waals surface area contributed by atoms with E-state index in [-0.39, 0.29) is 6.54 Å². The van der Waals surface area contributed by atoms with Gasteiger partial charge in [0.25, 0.3) is 10.0 Å². The Balaban J connectivity index is 6.84. The van der Waals surface area contributed by atoms with Gasteiger partial charge in [0.05, 0.1) is 27.2 Å². The molecule has 0 bridgehead atoms. The topological polar surface area (TPSA) is 86.3 Å². The van der Waals surface area contributed by atoms with E-state index in [1.54, 1.807) is 0 Å². The lowest BCUT2D eigenvalue weighted by molar-refractivity contribution is -0.890. The van der Waals surface area contributed by atoms with E-state index in [0.717, 1.165) is 14.1 Å². The van der Waals surface area contributed by atoms with Crippen molar-refractivity contribution in [1.29, 1.82) is 0 Å². The van der Waals surface area contributed by atoms with Crippen molar-refractivity contribution in [3.8, 4) is 0 Å². The molecule has 0 amide bonds. The molecule has 0 aliphatic rings. The van der Waals surface area contributed by atoms with Crippen molar-refractivity contribution in [2.24, 2.45) is 0 Å². The number of quaternary nitrogens is 1. The minimum atomic E-state index is -9.59. The van der Waals surface area contributed by atoms with Crippen LogP contribution in [0.25, 0.3) is 0 Å². The molecule has 1 N–H and O–H groups in total. The Morgan fingerprint density at radius 1 is 0.531 bits per heavy atom. The number of carbonyl (C=O) groups excluding carboxylic acids is 1. The van der Waals surface area contributed by atoms with Crippen molar-refractivity contribution in [2.75, 3.05) is 33.7 Å². The number of rotatable bonds is 18. The lowest BCUT2D eigenvalue weighted by Crippen LogP contribution is -2.78. The second kappa shape index (κ2) is 12.7. The van der Waals surface area contributed by atoms with Gasteiger partial charge in [0, 0.05) is 25.4 Å². The Kier molecular flexibility index (Phi) is 12.2. The molecule has 49 heavy (non-hydrogen) atoms. The van der Waals surface area contributed by atoms with Crippen molar-refractivity contribution in [1.82, 2.24) is 4.72 Å². The third-order valence-corrected chi connectivity index (χ3v) is 7.88. The molecule has 0 radical (unpaired) electrons. The van der Waals surface area contributed by atoms with Crippen LogP contribution < -0.4 is 9.83 Å². The highest BCUT2D eigenvalue weighted by molar-refractivity contribution is 7.90. The third-order valence-electron chi connectivity index (χ3n) is 6.37. The molecule has 30 heteroatoms. The molecule has 0 aliphatic heterocycles. The number of nitrogens with one attached hydrogen (secondary N) is 1. The van der Waals surface area contributed by atoms with Crippen molar-refractivity contribution < 1.29 is 124 Å². The van der Waals surface area contributed by atoms with Crippen molar-refractivity contribution in [2.45, 2.75) is 77.6 Å². The summed E-state index contributed by atoms with van der Waals surface area (Å²) in [4.78, 5) is 10.4. The summed E-state index contributed by atoms with van der Waals surface area (Å²) in [7, 11) is -5.33. The van der Waals surface area contributed by atoms with Gasteiger partial charge in [-0.25, -0.2) is 13.1 Å². The van der Waals surface area contributed by atoms with Crippen molar-refractivity contribution in [3.63, 3.8) is 0 Å².